The molecule has 0 spiro atoms. The summed E-state index contributed by atoms with van der Waals surface area (Å²) in [5.41, 5.74) is 3.13. The molecule has 1 nitrogen and oxygen atoms in total. The summed E-state index contributed by atoms with van der Waals surface area (Å²) < 4.78 is 0. The summed E-state index contributed by atoms with van der Waals surface area (Å²) in [5, 5.41) is 3.77. The number of likely N-dealkylation sites (N-methyl/N-ethyl adjacent to an activating group) is 1. The highest BCUT2D eigenvalue weighted by Crippen LogP contribution is 2.36. The van der Waals surface area contributed by atoms with E-state index in [4.69, 9.17) is 0 Å². The Hall–Kier alpha value is -1.08. The Bertz CT molecular complexity index is 421. The largest absolute Gasteiger partial charge is 0.310 e. The molecule has 0 bridgehead atoms. The number of allylic oxidation sites excluding steroid dienone is 1. The number of benzene rings is 1. The van der Waals surface area contributed by atoms with Gasteiger partial charge >= 0.3 is 0 Å². The van der Waals surface area contributed by atoms with Gasteiger partial charge in [-0.1, -0.05) is 69.2 Å². The van der Waals surface area contributed by atoms with Gasteiger partial charge in [0.15, 0.2) is 0 Å². The Balaban J connectivity index is 2.31. The van der Waals surface area contributed by atoms with E-state index in [1.165, 1.54) is 31.2 Å². The van der Waals surface area contributed by atoms with Crippen LogP contribution >= 0.6 is 0 Å². The molecule has 1 aromatic rings. The van der Waals surface area contributed by atoms with Crippen molar-refractivity contribution in [2.45, 2.75) is 58.4 Å². The molecule has 0 saturated heterocycles. The maximum absolute atomic E-state index is 3.77. The van der Waals surface area contributed by atoms with E-state index in [0.717, 1.165) is 6.54 Å². The fraction of sp³-hybridized carbons (Fsp3) is 0.579. The summed E-state index contributed by atoms with van der Waals surface area (Å²) in [7, 11) is 0. The second kappa shape index (κ2) is 7.64. The predicted molar refractivity (Wildman–Crippen MR) is 88.0 cm³/mol. The Morgan fingerprint density at radius 2 is 1.90 bits per heavy atom. The van der Waals surface area contributed by atoms with Crippen LogP contribution in [0.15, 0.2) is 42.0 Å². The van der Waals surface area contributed by atoms with E-state index in [1.54, 1.807) is 5.57 Å². The van der Waals surface area contributed by atoms with Gasteiger partial charge in [-0.05, 0) is 37.3 Å². The monoisotopic (exact) mass is 271 g/mol. The Morgan fingerprint density at radius 3 is 2.45 bits per heavy atom. The van der Waals surface area contributed by atoms with Crippen molar-refractivity contribution in [3.63, 3.8) is 0 Å². The first-order valence-electron chi connectivity index (χ1n) is 8.25. The number of hydrogen-bond donors (Lipinski definition) is 1. The molecule has 0 amide bonds. The number of nitrogens with one attached hydrogen (secondary N) is 1. The lowest BCUT2D eigenvalue weighted by Crippen LogP contribution is -2.39. The zero-order valence-corrected chi connectivity index (χ0v) is 13.2. The van der Waals surface area contributed by atoms with Crippen LogP contribution < -0.4 is 5.32 Å². The first kappa shape index (κ1) is 15.3. The third-order valence-corrected chi connectivity index (χ3v) is 4.70. The van der Waals surface area contributed by atoms with E-state index in [9.17, 15) is 0 Å². The molecule has 1 aliphatic carbocycles. The number of hydrogen-bond acceptors (Lipinski definition) is 1. The van der Waals surface area contributed by atoms with Crippen molar-refractivity contribution in [1.82, 2.24) is 5.32 Å². The maximum Gasteiger partial charge on any atom is 0.0351 e. The molecule has 0 radical (unpaired) electrons. The molecule has 1 aromatic carbocycles. The highest BCUT2D eigenvalue weighted by molar-refractivity contribution is 5.28. The van der Waals surface area contributed by atoms with Crippen molar-refractivity contribution in [2.24, 2.45) is 5.92 Å². The van der Waals surface area contributed by atoms with Crippen LogP contribution in [0.2, 0.25) is 0 Å². The second-order valence-corrected chi connectivity index (χ2v) is 6.03. The zero-order chi connectivity index (χ0) is 14.4. The topological polar surface area (TPSA) is 12.0 Å². The molecule has 0 aromatic heterocycles. The van der Waals surface area contributed by atoms with Crippen molar-refractivity contribution < 1.29 is 0 Å². The number of rotatable bonds is 7. The van der Waals surface area contributed by atoms with Crippen LogP contribution in [0.5, 0.6) is 0 Å². The van der Waals surface area contributed by atoms with Crippen molar-refractivity contribution in [3.05, 3.63) is 47.5 Å². The average molecular weight is 271 g/mol. The van der Waals surface area contributed by atoms with E-state index in [1.807, 2.05) is 0 Å². The lowest BCUT2D eigenvalue weighted by atomic mass is 9.77. The second-order valence-electron chi connectivity index (χ2n) is 6.03. The molecule has 0 heterocycles. The normalized spacial score (nSPS) is 19.4. The smallest absolute Gasteiger partial charge is 0.0351 e. The van der Waals surface area contributed by atoms with Gasteiger partial charge in [0.05, 0.1) is 0 Å². The Morgan fingerprint density at radius 1 is 1.15 bits per heavy atom. The van der Waals surface area contributed by atoms with Crippen LogP contribution in [0.1, 0.15) is 57.9 Å². The minimum atomic E-state index is 0.514. The summed E-state index contributed by atoms with van der Waals surface area (Å²) in [6.07, 6.45) is 7.58. The summed E-state index contributed by atoms with van der Waals surface area (Å²) >= 11 is 0. The van der Waals surface area contributed by atoms with Crippen LogP contribution in [-0.4, -0.2) is 12.6 Å². The highest BCUT2D eigenvalue weighted by Gasteiger charge is 2.30. The standard InChI is InChI=1S/C19H29N/c1-4-15(3)18(16-11-7-6-8-12-16)19(20-5-2)17-13-9-10-14-17/h6-8,11-13,15,18-20H,4-5,9-10,14H2,1-3H3. The predicted octanol–water partition coefficient (Wildman–Crippen LogP) is 4.90. The molecular weight excluding hydrogens is 242 g/mol. The van der Waals surface area contributed by atoms with Crippen LogP contribution in [-0.2, 0) is 0 Å². The van der Waals surface area contributed by atoms with Gasteiger partial charge in [0.2, 0.25) is 0 Å². The van der Waals surface area contributed by atoms with Crippen molar-refractivity contribution in [3.8, 4) is 0 Å². The molecule has 0 saturated carbocycles. The highest BCUT2D eigenvalue weighted by atomic mass is 14.9. The molecular formula is C19H29N. The summed E-state index contributed by atoms with van der Waals surface area (Å²) in [4.78, 5) is 0. The van der Waals surface area contributed by atoms with Gasteiger partial charge in [-0.2, -0.15) is 0 Å². The van der Waals surface area contributed by atoms with Crippen LogP contribution in [0.4, 0.5) is 0 Å². The van der Waals surface area contributed by atoms with Gasteiger partial charge in [0.1, 0.15) is 0 Å². The summed E-state index contributed by atoms with van der Waals surface area (Å²) in [5.74, 6) is 1.29. The molecule has 3 unspecified atom stereocenters. The average Bonchev–Trinajstić information content (AvgIpc) is 3.01. The third-order valence-electron chi connectivity index (χ3n) is 4.70. The molecule has 1 aliphatic rings. The van der Waals surface area contributed by atoms with E-state index in [-0.39, 0.29) is 0 Å². The van der Waals surface area contributed by atoms with Gasteiger partial charge in [-0.15, -0.1) is 0 Å². The zero-order valence-electron chi connectivity index (χ0n) is 13.2. The molecule has 3 atom stereocenters. The van der Waals surface area contributed by atoms with Crippen molar-refractivity contribution in [2.75, 3.05) is 6.54 Å². The molecule has 1 heteroatoms. The molecule has 0 fully saturated rings. The SMILES string of the molecule is CCNC(C1=CCCC1)C(c1ccccc1)C(C)CC. The summed E-state index contributed by atoms with van der Waals surface area (Å²) in [6, 6.07) is 11.6. The molecule has 20 heavy (non-hydrogen) atoms. The Labute approximate surface area is 124 Å². The molecule has 1 N–H and O–H groups in total. The van der Waals surface area contributed by atoms with Crippen LogP contribution in [0.3, 0.4) is 0 Å². The van der Waals surface area contributed by atoms with Gasteiger partial charge in [0, 0.05) is 12.0 Å². The van der Waals surface area contributed by atoms with E-state index >= 15 is 0 Å². The van der Waals surface area contributed by atoms with Crippen LogP contribution in [0, 0.1) is 5.92 Å². The van der Waals surface area contributed by atoms with Crippen molar-refractivity contribution in [1.29, 1.82) is 0 Å². The summed E-state index contributed by atoms with van der Waals surface area (Å²) in [6.45, 7) is 7.98. The quantitative estimate of drug-likeness (QED) is 0.695. The first-order chi connectivity index (χ1) is 9.77. The Kier molecular flexibility index (Phi) is 5.85. The van der Waals surface area contributed by atoms with E-state index in [2.05, 4.69) is 62.5 Å². The molecule has 0 aliphatic heterocycles. The fourth-order valence-electron chi connectivity index (χ4n) is 3.47. The van der Waals surface area contributed by atoms with Gasteiger partial charge in [-0.3, -0.25) is 0 Å². The van der Waals surface area contributed by atoms with Crippen molar-refractivity contribution >= 4 is 0 Å². The third kappa shape index (κ3) is 3.52. The fourth-order valence-corrected chi connectivity index (χ4v) is 3.47. The minimum absolute atomic E-state index is 0.514. The molecule has 2 rings (SSSR count). The van der Waals surface area contributed by atoms with Crippen LogP contribution in [0.25, 0.3) is 0 Å². The lowest BCUT2D eigenvalue weighted by molar-refractivity contribution is 0.363. The van der Waals surface area contributed by atoms with Gasteiger partial charge in [-0.25, -0.2) is 0 Å². The van der Waals surface area contributed by atoms with E-state index < -0.39 is 0 Å². The van der Waals surface area contributed by atoms with Gasteiger partial charge < -0.3 is 5.32 Å². The molecule has 110 valence electrons. The first-order valence-corrected chi connectivity index (χ1v) is 8.25. The van der Waals surface area contributed by atoms with E-state index in [0.29, 0.717) is 17.9 Å². The van der Waals surface area contributed by atoms with Gasteiger partial charge in [0.25, 0.3) is 0 Å². The minimum Gasteiger partial charge on any atom is -0.310 e. The maximum atomic E-state index is 3.77. The lowest BCUT2D eigenvalue weighted by Gasteiger charge is -2.34.